The summed E-state index contributed by atoms with van der Waals surface area (Å²) in [6.07, 6.45) is 1.76. The Kier molecular flexibility index (Phi) is 4.66. The Bertz CT molecular complexity index is 166. The zero-order chi connectivity index (χ0) is 10.6. The number of carbonyl (C=O) groups is 1. The molecule has 0 radical (unpaired) electrons. The zero-order valence-corrected chi connectivity index (χ0v) is 9.98. The smallest absolute Gasteiger partial charge is 0.138 e. The van der Waals surface area contributed by atoms with Gasteiger partial charge in [0.05, 0.1) is 0 Å². The molecule has 13 heavy (non-hydrogen) atoms. The van der Waals surface area contributed by atoms with E-state index in [2.05, 4.69) is 41.5 Å². The molecule has 0 N–H and O–H groups in total. The predicted molar refractivity (Wildman–Crippen MR) is 57.7 cm³/mol. The topological polar surface area (TPSA) is 17.1 Å². The van der Waals surface area contributed by atoms with Crippen molar-refractivity contribution in [1.82, 2.24) is 0 Å². The van der Waals surface area contributed by atoms with Crippen LogP contribution in [0.2, 0.25) is 0 Å². The highest BCUT2D eigenvalue weighted by atomic mass is 16.1. The molecule has 0 rings (SSSR count). The van der Waals surface area contributed by atoms with E-state index in [4.69, 9.17) is 0 Å². The van der Waals surface area contributed by atoms with Gasteiger partial charge in [0.15, 0.2) is 0 Å². The quantitative estimate of drug-likeness (QED) is 0.637. The first kappa shape index (κ1) is 12.7. The van der Waals surface area contributed by atoms with E-state index in [1.54, 1.807) is 0 Å². The summed E-state index contributed by atoms with van der Waals surface area (Å²) >= 11 is 0. The van der Waals surface area contributed by atoms with E-state index in [-0.39, 0.29) is 5.41 Å². The molecular formula is C12H24O. The lowest BCUT2D eigenvalue weighted by Crippen LogP contribution is -2.29. The second kappa shape index (κ2) is 4.78. The van der Waals surface area contributed by atoms with Gasteiger partial charge in [0.1, 0.15) is 5.78 Å². The standard InChI is InChI=1S/C12H24O/c1-9(2)7-8-11(13)12(5,6)10(3)4/h9-10H,7-8H2,1-6H3. The average Bonchev–Trinajstić information content (AvgIpc) is 1.99. The first-order valence-corrected chi connectivity index (χ1v) is 5.31. The van der Waals surface area contributed by atoms with Gasteiger partial charge in [-0.25, -0.2) is 0 Å². The Morgan fingerprint density at radius 3 is 1.92 bits per heavy atom. The summed E-state index contributed by atoms with van der Waals surface area (Å²) in [6, 6.07) is 0. The summed E-state index contributed by atoms with van der Waals surface area (Å²) in [5, 5.41) is 0. The largest absolute Gasteiger partial charge is 0.299 e. The molecule has 0 fully saturated rings. The average molecular weight is 184 g/mol. The number of Topliss-reactive ketones (excluding diaryl/α,β-unsaturated/α-hetero) is 1. The molecule has 78 valence electrons. The van der Waals surface area contributed by atoms with E-state index in [0.29, 0.717) is 17.6 Å². The van der Waals surface area contributed by atoms with E-state index in [0.717, 1.165) is 12.8 Å². The molecule has 1 heteroatoms. The number of rotatable bonds is 5. The van der Waals surface area contributed by atoms with Crippen LogP contribution in [0.1, 0.15) is 54.4 Å². The molecule has 1 nitrogen and oxygen atoms in total. The molecule has 0 aromatic rings. The van der Waals surface area contributed by atoms with Crippen LogP contribution < -0.4 is 0 Å². The second-order valence-electron chi connectivity index (χ2n) is 5.23. The van der Waals surface area contributed by atoms with Crippen LogP contribution in [0.4, 0.5) is 0 Å². The summed E-state index contributed by atoms with van der Waals surface area (Å²) in [5.74, 6) is 1.48. The first-order chi connectivity index (χ1) is 5.78. The van der Waals surface area contributed by atoms with Gasteiger partial charge in [-0.2, -0.15) is 0 Å². The van der Waals surface area contributed by atoms with Crippen LogP contribution >= 0.6 is 0 Å². The van der Waals surface area contributed by atoms with E-state index in [9.17, 15) is 4.79 Å². The molecule has 0 atom stereocenters. The summed E-state index contributed by atoms with van der Waals surface area (Å²) in [7, 11) is 0. The van der Waals surface area contributed by atoms with Crippen molar-refractivity contribution in [2.24, 2.45) is 17.3 Å². The Labute approximate surface area is 82.9 Å². The zero-order valence-electron chi connectivity index (χ0n) is 9.98. The van der Waals surface area contributed by atoms with Crippen molar-refractivity contribution in [3.8, 4) is 0 Å². The van der Waals surface area contributed by atoms with Crippen molar-refractivity contribution in [3.63, 3.8) is 0 Å². The SMILES string of the molecule is CC(C)CCC(=O)C(C)(C)C(C)C. The maximum Gasteiger partial charge on any atom is 0.138 e. The number of hydrogen-bond acceptors (Lipinski definition) is 1. The maximum absolute atomic E-state index is 11.8. The van der Waals surface area contributed by atoms with Crippen LogP contribution in [0.3, 0.4) is 0 Å². The minimum atomic E-state index is -0.144. The monoisotopic (exact) mass is 184 g/mol. The van der Waals surface area contributed by atoms with Crippen LogP contribution in [0, 0.1) is 17.3 Å². The van der Waals surface area contributed by atoms with Gasteiger partial charge in [-0.15, -0.1) is 0 Å². The number of hydrogen-bond donors (Lipinski definition) is 0. The Hall–Kier alpha value is -0.330. The Morgan fingerprint density at radius 1 is 1.15 bits per heavy atom. The van der Waals surface area contributed by atoms with Crippen molar-refractivity contribution < 1.29 is 4.79 Å². The van der Waals surface area contributed by atoms with E-state index >= 15 is 0 Å². The molecule has 0 unspecified atom stereocenters. The highest BCUT2D eigenvalue weighted by Gasteiger charge is 2.30. The van der Waals surface area contributed by atoms with Gasteiger partial charge in [-0.1, -0.05) is 41.5 Å². The fraction of sp³-hybridized carbons (Fsp3) is 0.917. The lowest BCUT2D eigenvalue weighted by atomic mass is 9.75. The summed E-state index contributed by atoms with van der Waals surface area (Å²) < 4.78 is 0. The third-order valence-electron chi connectivity index (χ3n) is 3.11. The third kappa shape index (κ3) is 3.93. The third-order valence-corrected chi connectivity index (χ3v) is 3.11. The van der Waals surface area contributed by atoms with Crippen molar-refractivity contribution in [2.75, 3.05) is 0 Å². The van der Waals surface area contributed by atoms with Crippen molar-refractivity contribution in [1.29, 1.82) is 0 Å². The summed E-state index contributed by atoms with van der Waals surface area (Å²) in [6.45, 7) is 12.7. The highest BCUT2D eigenvalue weighted by Crippen LogP contribution is 2.29. The normalized spacial score (nSPS) is 12.6. The Balaban J connectivity index is 4.10. The first-order valence-electron chi connectivity index (χ1n) is 5.31. The molecule has 0 saturated heterocycles. The van der Waals surface area contributed by atoms with Crippen molar-refractivity contribution >= 4 is 5.78 Å². The van der Waals surface area contributed by atoms with Gasteiger partial charge in [0.25, 0.3) is 0 Å². The van der Waals surface area contributed by atoms with Gasteiger partial charge in [0, 0.05) is 11.8 Å². The molecule has 0 aliphatic heterocycles. The maximum atomic E-state index is 11.8. The minimum Gasteiger partial charge on any atom is -0.299 e. The molecule has 0 aliphatic rings. The van der Waals surface area contributed by atoms with Crippen LogP contribution in [0.5, 0.6) is 0 Å². The molecule has 0 amide bonds. The van der Waals surface area contributed by atoms with Gasteiger partial charge in [-0.3, -0.25) is 4.79 Å². The van der Waals surface area contributed by atoms with Gasteiger partial charge in [0.2, 0.25) is 0 Å². The Morgan fingerprint density at radius 2 is 1.62 bits per heavy atom. The van der Waals surface area contributed by atoms with Crippen LogP contribution in [0.15, 0.2) is 0 Å². The van der Waals surface area contributed by atoms with E-state index in [1.165, 1.54) is 0 Å². The molecule has 0 heterocycles. The molecule has 0 aliphatic carbocycles. The predicted octanol–water partition coefficient (Wildman–Crippen LogP) is 3.67. The highest BCUT2D eigenvalue weighted by molar-refractivity contribution is 5.84. The molecular weight excluding hydrogens is 160 g/mol. The summed E-state index contributed by atoms with van der Waals surface area (Å²) in [4.78, 5) is 11.8. The molecule has 0 bridgehead atoms. The lowest BCUT2D eigenvalue weighted by molar-refractivity contribution is -0.129. The minimum absolute atomic E-state index is 0.144. The van der Waals surface area contributed by atoms with Gasteiger partial charge in [-0.05, 0) is 18.3 Å². The molecule has 0 spiro atoms. The fourth-order valence-corrected chi connectivity index (χ4v) is 1.06. The van der Waals surface area contributed by atoms with Gasteiger partial charge < -0.3 is 0 Å². The number of ketones is 1. The van der Waals surface area contributed by atoms with Gasteiger partial charge >= 0.3 is 0 Å². The van der Waals surface area contributed by atoms with Crippen molar-refractivity contribution in [2.45, 2.75) is 54.4 Å². The van der Waals surface area contributed by atoms with Crippen LogP contribution in [-0.2, 0) is 4.79 Å². The number of carbonyl (C=O) groups excluding carboxylic acids is 1. The van der Waals surface area contributed by atoms with Crippen molar-refractivity contribution in [3.05, 3.63) is 0 Å². The molecule has 0 aromatic carbocycles. The summed E-state index contributed by atoms with van der Waals surface area (Å²) in [5.41, 5.74) is -0.144. The molecule has 0 aromatic heterocycles. The van der Waals surface area contributed by atoms with Crippen LogP contribution in [0.25, 0.3) is 0 Å². The lowest BCUT2D eigenvalue weighted by Gasteiger charge is -2.27. The van der Waals surface area contributed by atoms with E-state index < -0.39 is 0 Å². The second-order valence-corrected chi connectivity index (χ2v) is 5.23. The van der Waals surface area contributed by atoms with E-state index in [1.807, 2.05) is 0 Å². The molecule has 0 saturated carbocycles. The van der Waals surface area contributed by atoms with Crippen LogP contribution in [-0.4, -0.2) is 5.78 Å². The fourth-order valence-electron chi connectivity index (χ4n) is 1.06.